The van der Waals surface area contributed by atoms with Crippen molar-refractivity contribution < 1.29 is 4.79 Å². The van der Waals surface area contributed by atoms with Crippen LogP contribution in [0.25, 0.3) is 10.9 Å². The molecule has 1 aliphatic heterocycles. The quantitative estimate of drug-likeness (QED) is 0.644. The van der Waals surface area contributed by atoms with Crippen molar-refractivity contribution in [2.75, 3.05) is 5.32 Å². The van der Waals surface area contributed by atoms with E-state index in [1.807, 2.05) is 18.2 Å². The standard InChI is InChI=1S/C16H9Cl2N3O2/c17-9-5-8-12(6-10(9)18)20-16(22)13(8)15-14(21-23)7-3-1-2-4-11(7)19-15/h1-6,13,19H,(H,20,22). The summed E-state index contributed by atoms with van der Waals surface area (Å²) in [6.07, 6.45) is 0. The van der Waals surface area contributed by atoms with Crippen LogP contribution in [0, 0.1) is 4.91 Å². The average molecular weight is 346 g/mol. The molecule has 2 aromatic carbocycles. The van der Waals surface area contributed by atoms with Crippen molar-refractivity contribution in [2.45, 2.75) is 5.92 Å². The summed E-state index contributed by atoms with van der Waals surface area (Å²) in [6.45, 7) is 0. The molecule has 3 aromatic rings. The maximum absolute atomic E-state index is 12.4. The fraction of sp³-hybridized carbons (Fsp3) is 0.0625. The molecule has 0 saturated heterocycles. The Hall–Kier alpha value is -2.37. The maximum Gasteiger partial charge on any atom is 0.238 e. The molecule has 4 rings (SSSR count). The number of amides is 1. The number of fused-ring (bicyclic) bond motifs is 2. The highest BCUT2D eigenvalue weighted by Gasteiger charge is 2.36. The van der Waals surface area contributed by atoms with Crippen LogP contribution in [0.15, 0.2) is 41.6 Å². The lowest BCUT2D eigenvalue weighted by Gasteiger charge is -2.08. The van der Waals surface area contributed by atoms with E-state index < -0.39 is 5.92 Å². The van der Waals surface area contributed by atoms with E-state index in [1.165, 1.54) is 0 Å². The van der Waals surface area contributed by atoms with Crippen LogP contribution >= 0.6 is 23.2 Å². The molecule has 114 valence electrons. The first-order valence-electron chi connectivity index (χ1n) is 6.84. The van der Waals surface area contributed by atoms with Crippen LogP contribution in [0.4, 0.5) is 11.4 Å². The van der Waals surface area contributed by atoms with Crippen LogP contribution in [0.5, 0.6) is 0 Å². The molecular weight excluding hydrogens is 337 g/mol. The largest absolute Gasteiger partial charge is 0.356 e. The Morgan fingerprint density at radius 2 is 1.83 bits per heavy atom. The first-order valence-corrected chi connectivity index (χ1v) is 7.59. The normalized spacial score (nSPS) is 16.4. The molecule has 0 radical (unpaired) electrons. The van der Waals surface area contributed by atoms with E-state index in [1.54, 1.807) is 18.2 Å². The van der Waals surface area contributed by atoms with Gasteiger partial charge in [-0.1, -0.05) is 41.4 Å². The van der Waals surface area contributed by atoms with E-state index in [0.29, 0.717) is 32.4 Å². The second-order valence-electron chi connectivity index (χ2n) is 5.30. The van der Waals surface area contributed by atoms with Crippen molar-refractivity contribution in [2.24, 2.45) is 5.18 Å². The zero-order valence-corrected chi connectivity index (χ0v) is 13.1. The van der Waals surface area contributed by atoms with Crippen LogP contribution < -0.4 is 5.32 Å². The van der Waals surface area contributed by atoms with Crippen LogP contribution in [0.3, 0.4) is 0 Å². The van der Waals surface area contributed by atoms with E-state index in [-0.39, 0.29) is 11.6 Å². The fourth-order valence-corrected chi connectivity index (χ4v) is 3.33. The molecule has 1 atom stereocenters. The second-order valence-corrected chi connectivity index (χ2v) is 6.11. The number of nitrogens with zero attached hydrogens (tertiary/aromatic N) is 1. The van der Waals surface area contributed by atoms with Crippen molar-refractivity contribution in [1.29, 1.82) is 0 Å². The number of anilines is 1. The minimum Gasteiger partial charge on any atom is -0.356 e. The van der Waals surface area contributed by atoms with Gasteiger partial charge in [0.25, 0.3) is 0 Å². The van der Waals surface area contributed by atoms with Gasteiger partial charge in [-0.15, -0.1) is 4.91 Å². The monoisotopic (exact) mass is 345 g/mol. The van der Waals surface area contributed by atoms with Gasteiger partial charge in [0.05, 0.1) is 15.7 Å². The topological polar surface area (TPSA) is 74.3 Å². The average Bonchev–Trinajstić information content (AvgIpc) is 3.04. The third-order valence-electron chi connectivity index (χ3n) is 4.01. The van der Waals surface area contributed by atoms with E-state index in [0.717, 1.165) is 5.52 Å². The predicted molar refractivity (Wildman–Crippen MR) is 90.7 cm³/mol. The zero-order chi connectivity index (χ0) is 16.1. The first-order chi connectivity index (χ1) is 11.1. The summed E-state index contributed by atoms with van der Waals surface area (Å²) in [4.78, 5) is 26.9. The second kappa shape index (κ2) is 5.08. The number of para-hydroxylation sites is 1. The molecule has 0 spiro atoms. The summed E-state index contributed by atoms with van der Waals surface area (Å²) in [5, 5.41) is 7.28. The van der Waals surface area contributed by atoms with Gasteiger partial charge in [-0.2, -0.15) is 0 Å². The molecular formula is C16H9Cl2N3O2. The van der Waals surface area contributed by atoms with Gasteiger partial charge < -0.3 is 10.3 Å². The molecule has 23 heavy (non-hydrogen) atoms. The van der Waals surface area contributed by atoms with Gasteiger partial charge in [0.15, 0.2) is 0 Å². The molecule has 0 bridgehead atoms. The molecule has 1 aromatic heterocycles. The Kier molecular flexibility index (Phi) is 3.14. The van der Waals surface area contributed by atoms with Gasteiger partial charge in [0.2, 0.25) is 5.91 Å². The number of aromatic amines is 1. The Balaban J connectivity index is 1.98. The summed E-state index contributed by atoms with van der Waals surface area (Å²) in [7, 11) is 0. The predicted octanol–water partition coefficient (Wildman–Crippen LogP) is 4.96. The van der Waals surface area contributed by atoms with E-state index >= 15 is 0 Å². The van der Waals surface area contributed by atoms with Crippen LogP contribution in [-0.4, -0.2) is 10.9 Å². The summed E-state index contributed by atoms with van der Waals surface area (Å²) in [6, 6.07) is 10.5. The summed E-state index contributed by atoms with van der Waals surface area (Å²) < 4.78 is 0. The first kappa shape index (κ1) is 14.2. The Morgan fingerprint density at radius 1 is 1.09 bits per heavy atom. The number of H-pyrrole nitrogens is 1. The summed E-state index contributed by atoms with van der Waals surface area (Å²) in [5.41, 5.74) is 2.69. The van der Waals surface area contributed by atoms with E-state index in [4.69, 9.17) is 23.2 Å². The number of nitrogens with one attached hydrogen (secondary N) is 2. The third-order valence-corrected chi connectivity index (χ3v) is 4.73. The number of halogens is 2. The highest BCUT2D eigenvalue weighted by atomic mass is 35.5. The molecule has 7 heteroatoms. The number of carbonyl (C=O) groups excluding carboxylic acids is 1. The molecule has 2 N–H and O–H groups in total. The molecule has 1 unspecified atom stereocenters. The number of hydrogen-bond donors (Lipinski definition) is 2. The number of nitroso groups, excluding NO2 is 1. The molecule has 1 amide bonds. The van der Waals surface area contributed by atoms with Crippen molar-refractivity contribution in [3.63, 3.8) is 0 Å². The SMILES string of the molecule is O=Nc1c(C2C(=O)Nc3cc(Cl)c(Cl)cc32)[nH]c2ccccc12. The number of benzene rings is 2. The smallest absolute Gasteiger partial charge is 0.238 e. The van der Waals surface area contributed by atoms with Gasteiger partial charge in [-0.3, -0.25) is 4.79 Å². The van der Waals surface area contributed by atoms with Crippen molar-refractivity contribution in [3.8, 4) is 0 Å². The lowest BCUT2D eigenvalue weighted by Crippen LogP contribution is -2.13. The Bertz CT molecular complexity index is 981. The van der Waals surface area contributed by atoms with Gasteiger partial charge in [-0.25, -0.2) is 0 Å². The minimum absolute atomic E-state index is 0.236. The van der Waals surface area contributed by atoms with E-state index in [9.17, 15) is 9.70 Å². The van der Waals surface area contributed by atoms with Gasteiger partial charge in [-0.05, 0) is 28.9 Å². The molecule has 1 aliphatic rings. The lowest BCUT2D eigenvalue weighted by molar-refractivity contribution is -0.116. The number of rotatable bonds is 2. The van der Waals surface area contributed by atoms with Crippen LogP contribution in [0.1, 0.15) is 17.2 Å². The number of hydrogen-bond acceptors (Lipinski definition) is 3. The van der Waals surface area contributed by atoms with Gasteiger partial charge >= 0.3 is 0 Å². The number of aromatic nitrogens is 1. The van der Waals surface area contributed by atoms with E-state index in [2.05, 4.69) is 15.5 Å². The van der Waals surface area contributed by atoms with Crippen molar-refractivity contribution in [3.05, 3.63) is 62.6 Å². The third kappa shape index (κ3) is 2.04. The molecule has 0 aliphatic carbocycles. The maximum atomic E-state index is 12.4. The lowest BCUT2D eigenvalue weighted by atomic mass is 9.96. The Labute approximate surface area is 140 Å². The summed E-state index contributed by atoms with van der Waals surface area (Å²) in [5.74, 6) is -0.936. The van der Waals surface area contributed by atoms with Gasteiger partial charge in [0.1, 0.15) is 11.6 Å². The van der Waals surface area contributed by atoms with Crippen LogP contribution in [-0.2, 0) is 4.79 Å². The van der Waals surface area contributed by atoms with Crippen molar-refractivity contribution in [1.82, 2.24) is 4.98 Å². The zero-order valence-electron chi connectivity index (χ0n) is 11.6. The van der Waals surface area contributed by atoms with Gasteiger partial charge in [0, 0.05) is 16.6 Å². The fourth-order valence-electron chi connectivity index (χ4n) is 3.00. The van der Waals surface area contributed by atoms with Crippen molar-refractivity contribution >= 4 is 51.4 Å². The highest BCUT2D eigenvalue weighted by Crippen LogP contribution is 2.45. The Morgan fingerprint density at radius 3 is 2.61 bits per heavy atom. The highest BCUT2D eigenvalue weighted by molar-refractivity contribution is 6.42. The number of carbonyl (C=O) groups is 1. The minimum atomic E-state index is -0.681. The molecule has 0 saturated carbocycles. The summed E-state index contributed by atoms with van der Waals surface area (Å²) >= 11 is 12.1. The van der Waals surface area contributed by atoms with Crippen LogP contribution in [0.2, 0.25) is 10.0 Å². The molecule has 0 fully saturated rings. The molecule has 2 heterocycles. The molecule has 5 nitrogen and oxygen atoms in total.